The Morgan fingerprint density at radius 2 is 2.19 bits per heavy atom. The Bertz CT molecular complexity index is 417. The third-order valence-corrected chi connectivity index (χ3v) is 1.81. The Morgan fingerprint density at radius 1 is 1.44 bits per heavy atom. The van der Waals surface area contributed by atoms with Gasteiger partial charge >= 0.3 is 11.6 Å². The lowest BCUT2D eigenvalue weighted by molar-refractivity contribution is -0.140. The molecule has 0 radical (unpaired) electrons. The Kier molecular flexibility index (Phi) is 4.26. The molecule has 0 aliphatic rings. The summed E-state index contributed by atoms with van der Waals surface area (Å²) in [4.78, 5) is 32.8. The summed E-state index contributed by atoms with van der Waals surface area (Å²) in [5.41, 5.74) is -0.296. The van der Waals surface area contributed by atoms with E-state index in [1.807, 2.05) is 0 Å². The normalized spacial score (nSPS) is 9.56. The fraction of sp³-hybridized carbons (Fsp3) is 0.300. The van der Waals surface area contributed by atoms with Crippen molar-refractivity contribution < 1.29 is 18.7 Å². The number of nitrogens with one attached hydrogen (secondary N) is 1. The van der Waals surface area contributed by atoms with Crippen LogP contribution in [0.15, 0.2) is 27.6 Å². The Hall–Kier alpha value is -2.11. The van der Waals surface area contributed by atoms with Gasteiger partial charge in [0, 0.05) is 12.6 Å². The third-order valence-electron chi connectivity index (χ3n) is 1.81. The first kappa shape index (κ1) is 12.0. The van der Waals surface area contributed by atoms with E-state index in [1.54, 1.807) is 0 Å². The average Bonchev–Trinajstić information content (AvgIpc) is 2.29. The summed E-state index contributed by atoms with van der Waals surface area (Å²) in [6.45, 7) is 0.171. The molecule has 0 aliphatic heterocycles. The maximum atomic E-state index is 11.4. The molecule has 1 N–H and O–H groups in total. The smallest absolute Gasteiger partial charge is 0.335 e. The van der Waals surface area contributed by atoms with Crippen LogP contribution in [0.25, 0.3) is 0 Å². The lowest BCUT2D eigenvalue weighted by Gasteiger charge is -2.03. The van der Waals surface area contributed by atoms with Gasteiger partial charge in [-0.2, -0.15) is 0 Å². The van der Waals surface area contributed by atoms with Crippen LogP contribution in [-0.4, -0.2) is 25.5 Å². The Morgan fingerprint density at radius 3 is 2.75 bits per heavy atom. The van der Waals surface area contributed by atoms with Crippen molar-refractivity contribution in [1.82, 2.24) is 5.32 Å². The molecule has 1 aromatic heterocycles. The fourth-order valence-electron chi connectivity index (χ4n) is 0.969. The summed E-state index contributed by atoms with van der Waals surface area (Å²) < 4.78 is 8.92. The quantitative estimate of drug-likeness (QED) is 0.725. The first-order valence-corrected chi connectivity index (χ1v) is 4.57. The van der Waals surface area contributed by atoms with Crippen LogP contribution in [0.5, 0.6) is 0 Å². The van der Waals surface area contributed by atoms with Gasteiger partial charge < -0.3 is 14.5 Å². The van der Waals surface area contributed by atoms with Gasteiger partial charge in [0.25, 0.3) is 5.91 Å². The van der Waals surface area contributed by atoms with Gasteiger partial charge in [0.15, 0.2) is 0 Å². The first-order chi connectivity index (χ1) is 7.63. The molecule has 0 fully saturated rings. The molecule has 6 nitrogen and oxygen atoms in total. The van der Waals surface area contributed by atoms with Gasteiger partial charge in [0.1, 0.15) is 6.26 Å². The largest absolute Gasteiger partial charge is 0.469 e. The molecule has 1 heterocycles. The number of hydrogen-bond acceptors (Lipinski definition) is 5. The number of hydrogen-bond donors (Lipinski definition) is 1. The molecule has 0 aromatic carbocycles. The maximum Gasteiger partial charge on any atom is 0.335 e. The summed E-state index contributed by atoms with van der Waals surface area (Å²) >= 11 is 0. The highest BCUT2D eigenvalue weighted by atomic mass is 16.5. The van der Waals surface area contributed by atoms with Crippen molar-refractivity contribution in [2.75, 3.05) is 13.7 Å². The number of ether oxygens (including phenoxy) is 1. The van der Waals surface area contributed by atoms with Gasteiger partial charge in [-0.15, -0.1) is 0 Å². The monoisotopic (exact) mass is 225 g/mol. The Labute approximate surface area is 91.2 Å². The van der Waals surface area contributed by atoms with E-state index in [9.17, 15) is 14.4 Å². The van der Waals surface area contributed by atoms with Crippen LogP contribution in [0, 0.1) is 0 Å². The maximum absolute atomic E-state index is 11.4. The number of methoxy groups -OCH3 is 1. The predicted octanol–water partition coefficient (Wildman–Crippen LogP) is -0.0673. The minimum atomic E-state index is -0.522. The number of amides is 1. The second kappa shape index (κ2) is 5.69. The molecule has 0 bridgehead atoms. The molecule has 0 atom stereocenters. The summed E-state index contributed by atoms with van der Waals surface area (Å²) in [7, 11) is 1.27. The molecule has 0 unspecified atom stereocenters. The van der Waals surface area contributed by atoms with Crippen LogP contribution in [0.2, 0.25) is 0 Å². The van der Waals surface area contributed by atoms with Gasteiger partial charge in [-0.3, -0.25) is 9.59 Å². The van der Waals surface area contributed by atoms with Gasteiger partial charge in [0.2, 0.25) is 0 Å². The predicted molar refractivity (Wildman–Crippen MR) is 53.9 cm³/mol. The van der Waals surface area contributed by atoms with E-state index in [-0.39, 0.29) is 18.5 Å². The molecule has 86 valence electrons. The van der Waals surface area contributed by atoms with E-state index in [1.165, 1.54) is 13.2 Å². The van der Waals surface area contributed by atoms with Crippen molar-refractivity contribution in [2.24, 2.45) is 0 Å². The van der Waals surface area contributed by atoms with E-state index in [0.717, 1.165) is 12.3 Å². The number of rotatable bonds is 4. The molecular weight excluding hydrogens is 214 g/mol. The van der Waals surface area contributed by atoms with Crippen molar-refractivity contribution in [3.05, 3.63) is 34.4 Å². The molecule has 1 amide bonds. The minimum Gasteiger partial charge on any atom is -0.469 e. The van der Waals surface area contributed by atoms with Crippen LogP contribution in [0.3, 0.4) is 0 Å². The van der Waals surface area contributed by atoms with Crippen molar-refractivity contribution in [3.63, 3.8) is 0 Å². The summed E-state index contributed by atoms with van der Waals surface area (Å²) in [5.74, 6) is -0.812. The third kappa shape index (κ3) is 3.56. The van der Waals surface area contributed by atoms with Crippen molar-refractivity contribution in [3.8, 4) is 0 Å². The van der Waals surface area contributed by atoms with Crippen LogP contribution >= 0.6 is 0 Å². The van der Waals surface area contributed by atoms with Crippen molar-refractivity contribution >= 4 is 11.9 Å². The van der Waals surface area contributed by atoms with Crippen molar-refractivity contribution in [2.45, 2.75) is 6.42 Å². The van der Waals surface area contributed by atoms with Crippen molar-refractivity contribution in [1.29, 1.82) is 0 Å². The molecule has 0 aliphatic carbocycles. The fourth-order valence-corrected chi connectivity index (χ4v) is 0.969. The first-order valence-electron chi connectivity index (χ1n) is 4.57. The van der Waals surface area contributed by atoms with E-state index in [4.69, 9.17) is 0 Å². The zero-order valence-corrected chi connectivity index (χ0v) is 8.69. The van der Waals surface area contributed by atoms with Gasteiger partial charge in [0.05, 0.1) is 19.1 Å². The summed E-state index contributed by atoms with van der Waals surface area (Å²) in [6, 6.07) is 2.49. The SMILES string of the molecule is COC(=O)CCNC(=O)c1ccc(=O)oc1. The van der Waals surface area contributed by atoms with Gasteiger partial charge in [-0.1, -0.05) is 0 Å². The second-order valence-corrected chi connectivity index (χ2v) is 2.93. The van der Waals surface area contributed by atoms with E-state index < -0.39 is 17.5 Å². The summed E-state index contributed by atoms with van der Waals surface area (Å²) in [5, 5.41) is 2.48. The van der Waals surface area contributed by atoms with Crippen LogP contribution in [-0.2, 0) is 9.53 Å². The number of carbonyl (C=O) groups is 2. The molecule has 1 rings (SSSR count). The molecule has 0 spiro atoms. The van der Waals surface area contributed by atoms with Crippen LogP contribution in [0.4, 0.5) is 0 Å². The molecule has 6 heteroatoms. The molecule has 0 saturated carbocycles. The molecule has 16 heavy (non-hydrogen) atoms. The lowest BCUT2D eigenvalue weighted by atomic mass is 10.3. The molecule has 1 aromatic rings. The minimum absolute atomic E-state index is 0.0963. The lowest BCUT2D eigenvalue weighted by Crippen LogP contribution is -2.26. The highest BCUT2D eigenvalue weighted by Crippen LogP contribution is 1.94. The van der Waals surface area contributed by atoms with E-state index in [0.29, 0.717) is 0 Å². The van der Waals surface area contributed by atoms with E-state index >= 15 is 0 Å². The molecule has 0 saturated heterocycles. The molecular formula is C10H11NO5. The highest BCUT2D eigenvalue weighted by Gasteiger charge is 2.07. The topological polar surface area (TPSA) is 85.6 Å². The number of carbonyl (C=O) groups excluding carboxylic acids is 2. The second-order valence-electron chi connectivity index (χ2n) is 2.93. The Balaban J connectivity index is 2.44. The van der Waals surface area contributed by atoms with Gasteiger partial charge in [-0.25, -0.2) is 4.79 Å². The highest BCUT2D eigenvalue weighted by molar-refractivity contribution is 5.93. The number of esters is 1. The zero-order valence-electron chi connectivity index (χ0n) is 8.69. The summed E-state index contributed by atoms with van der Waals surface area (Å²) in [6.07, 6.45) is 1.16. The van der Waals surface area contributed by atoms with Crippen LogP contribution in [0.1, 0.15) is 16.8 Å². The average molecular weight is 225 g/mol. The zero-order chi connectivity index (χ0) is 12.0. The van der Waals surface area contributed by atoms with Crippen LogP contribution < -0.4 is 10.9 Å². The van der Waals surface area contributed by atoms with Gasteiger partial charge in [-0.05, 0) is 6.07 Å². The standard InChI is InChI=1S/C10H11NO5/c1-15-8(12)4-5-11-10(14)7-2-3-9(13)16-6-7/h2-3,6H,4-5H2,1H3,(H,11,14). The van der Waals surface area contributed by atoms with E-state index in [2.05, 4.69) is 14.5 Å².